The van der Waals surface area contributed by atoms with Gasteiger partial charge in [0.25, 0.3) is 0 Å². The number of hydrogen-bond acceptors (Lipinski definition) is 0. The van der Waals surface area contributed by atoms with Crippen LogP contribution in [0.4, 0.5) is 0 Å². The zero-order valence-corrected chi connectivity index (χ0v) is 19.4. The minimum Gasteiger partial charge on any atom is -0.0610 e. The Morgan fingerprint density at radius 2 is 0.694 bits per heavy atom. The summed E-state index contributed by atoms with van der Waals surface area (Å²) in [6.45, 7) is 0. The third-order valence-corrected chi connectivity index (χ3v) is 8.81. The maximum atomic E-state index is 2.44. The molecule has 0 spiro atoms. The van der Waals surface area contributed by atoms with Crippen molar-refractivity contribution in [2.24, 2.45) is 0 Å². The lowest BCUT2D eigenvalue weighted by Gasteiger charge is -2.13. The van der Waals surface area contributed by atoms with Crippen LogP contribution in [0.25, 0.3) is 97.3 Å². The van der Waals surface area contributed by atoms with E-state index >= 15 is 0 Å². The van der Waals surface area contributed by atoms with Gasteiger partial charge in [0.1, 0.15) is 0 Å². The van der Waals surface area contributed by atoms with E-state index in [0.717, 1.165) is 0 Å². The van der Waals surface area contributed by atoms with Gasteiger partial charge in [0.15, 0.2) is 0 Å². The van der Waals surface area contributed by atoms with Crippen molar-refractivity contribution in [3.05, 3.63) is 109 Å². The summed E-state index contributed by atoms with van der Waals surface area (Å²) in [6, 6.07) is 41.5. The first-order valence-corrected chi connectivity index (χ1v) is 12.7. The first-order chi connectivity index (χ1) is 17.8. The Morgan fingerprint density at radius 1 is 0.278 bits per heavy atom. The van der Waals surface area contributed by atoms with Gasteiger partial charge >= 0.3 is 0 Å². The molecule has 8 aromatic carbocycles. The molecule has 162 valence electrons. The molecule has 0 N–H and O–H groups in total. The van der Waals surface area contributed by atoms with Gasteiger partial charge in [-0.3, -0.25) is 0 Å². The van der Waals surface area contributed by atoms with Crippen LogP contribution in [0.3, 0.4) is 0 Å². The summed E-state index contributed by atoms with van der Waals surface area (Å²) < 4.78 is 0. The Kier molecular flexibility index (Phi) is 2.83. The molecule has 0 aromatic heterocycles. The first-order valence-electron chi connectivity index (χ1n) is 12.7. The Hall–Kier alpha value is -4.68. The molecule has 0 nitrogen and oxygen atoms in total. The van der Waals surface area contributed by atoms with Gasteiger partial charge in [-0.25, -0.2) is 0 Å². The normalized spacial score (nSPS) is 13.0. The highest BCUT2D eigenvalue weighted by atomic mass is 14.2. The maximum absolute atomic E-state index is 2.44. The molecule has 0 radical (unpaired) electrons. The second kappa shape index (κ2) is 5.75. The van der Waals surface area contributed by atoms with Gasteiger partial charge in [-0.15, -0.1) is 0 Å². The number of hydrogen-bond donors (Lipinski definition) is 0. The highest BCUT2D eigenvalue weighted by Crippen LogP contribution is 2.50. The van der Waals surface area contributed by atoms with E-state index in [2.05, 4.69) is 109 Å². The van der Waals surface area contributed by atoms with Crippen molar-refractivity contribution in [2.75, 3.05) is 0 Å². The fourth-order valence-electron chi connectivity index (χ4n) is 7.34. The van der Waals surface area contributed by atoms with Crippen molar-refractivity contribution < 1.29 is 0 Å². The Morgan fingerprint density at radius 3 is 1.17 bits per heavy atom. The SMILES string of the molecule is c1cc2ccc3cc4c5c6cc7ccc8cccc9ccc(c6cc-5cc4c4ccc(c1)c2c34)c7c89. The summed E-state index contributed by atoms with van der Waals surface area (Å²) in [5, 5.41) is 21.8. The Labute approximate surface area is 206 Å². The van der Waals surface area contributed by atoms with Crippen LogP contribution in [0.15, 0.2) is 109 Å². The number of benzene rings is 8. The lowest BCUT2D eigenvalue weighted by atomic mass is 9.90. The topological polar surface area (TPSA) is 0 Å². The van der Waals surface area contributed by atoms with E-state index in [1.54, 1.807) is 0 Å². The monoisotopic (exact) mass is 450 g/mol. The van der Waals surface area contributed by atoms with Gasteiger partial charge in [-0.1, -0.05) is 84.9 Å². The lowest BCUT2D eigenvalue weighted by Crippen LogP contribution is -1.85. The molecular formula is C36H18. The van der Waals surface area contributed by atoms with Crippen molar-refractivity contribution in [3.63, 3.8) is 0 Å². The van der Waals surface area contributed by atoms with Gasteiger partial charge in [-0.2, -0.15) is 0 Å². The molecule has 0 aliphatic heterocycles. The standard InChI is InChI=1S/C36H18/c1-3-19-7-9-23-15-30-28(26-13-11-21(5-1)32(19)35(23)26)17-25-18-29-27-14-12-22-6-2-4-20-8-10-24(36(27)33(20)22)16-31(29)34(25)30/h1-18H. The van der Waals surface area contributed by atoms with Crippen LogP contribution in [0.5, 0.6) is 0 Å². The Balaban J connectivity index is 1.43. The maximum Gasteiger partial charge on any atom is -0.00203 e. The molecule has 0 saturated heterocycles. The van der Waals surface area contributed by atoms with Crippen LogP contribution < -0.4 is 0 Å². The molecule has 0 bridgehead atoms. The van der Waals surface area contributed by atoms with E-state index in [-0.39, 0.29) is 0 Å². The van der Waals surface area contributed by atoms with Crippen LogP contribution in [0.2, 0.25) is 0 Å². The van der Waals surface area contributed by atoms with E-state index in [1.807, 2.05) is 0 Å². The van der Waals surface area contributed by atoms with Crippen LogP contribution in [0.1, 0.15) is 0 Å². The quantitative estimate of drug-likeness (QED) is 0.202. The molecular weight excluding hydrogens is 432 g/mol. The molecule has 2 aliphatic rings. The van der Waals surface area contributed by atoms with Gasteiger partial charge < -0.3 is 0 Å². The van der Waals surface area contributed by atoms with Crippen molar-refractivity contribution in [1.29, 1.82) is 0 Å². The third kappa shape index (κ3) is 1.90. The van der Waals surface area contributed by atoms with Crippen molar-refractivity contribution in [3.8, 4) is 11.1 Å². The number of fused-ring (bicyclic) bond motifs is 7. The minimum absolute atomic E-state index is 1.32. The van der Waals surface area contributed by atoms with E-state index in [1.165, 1.54) is 97.3 Å². The molecule has 0 atom stereocenters. The van der Waals surface area contributed by atoms with Crippen LogP contribution >= 0.6 is 0 Å². The van der Waals surface area contributed by atoms with Gasteiger partial charge in [0.05, 0.1) is 0 Å². The van der Waals surface area contributed by atoms with E-state index in [4.69, 9.17) is 0 Å². The molecule has 10 rings (SSSR count). The molecule has 0 heteroatoms. The molecule has 0 amide bonds. The van der Waals surface area contributed by atoms with Gasteiger partial charge in [0, 0.05) is 0 Å². The van der Waals surface area contributed by atoms with Crippen molar-refractivity contribution in [2.45, 2.75) is 0 Å². The molecule has 0 unspecified atom stereocenters. The highest BCUT2D eigenvalue weighted by Gasteiger charge is 2.22. The summed E-state index contributed by atoms with van der Waals surface area (Å²) in [4.78, 5) is 0. The summed E-state index contributed by atoms with van der Waals surface area (Å²) in [7, 11) is 0. The zero-order chi connectivity index (χ0) is 23.1. The first kappa shape index (κ1) is 17.7. The van der Waals surface area contributed by atoms with E-state index in [0.29, 0.717) is 0 Å². The molecule has 0 saturated carbocycles. The lowest BCUT2D eigenvalue weighted by molar-refractivity contribution is 1.81. The van der Waals surface area contributed by atoms with Gasteiger partial charge in [0.2, 0.25) is 0 Å². The van der Waals surface area contributed by atoms with Crippen LogP contribution in [-0.4, -0.2) is 0 Å². The van der Waals surface area contributed by atoms with E-state index in [9.17, 15) is 0 Å². The van der Waals surface area contributed by atoms with Crippen LogP contribution in [-0.2, 0) is 0 Å². The second-order valence-electron chi connectivity index (χ2n) is 10.5. The minimum atomic E-state index is 1.32. The van der Waals surface area contributed by atoms with Crippen molar-refractivity contribution >= 4 is 86.2 Å². The summed E-state index contributed by atoms with van der Waals surface area (Å²) >= 11 is 0. The van der Waals surface area contributed by atoms with Gasteiger partial charge in [-0.05, 0) is 122 Å². The smallest absolute Gasteiger partial charge is 0.00203 e. The fourth-order valence-corrected chi connectivity index (χ4v) is 7.34. The molecule has 36 heavy (non-hydrogen) atoms. The fraction of sp³-hybridized carbons (Fsp3) is 0. The predicted octanol–water partition coefficient (Wildman–Crippen LogP) is 10.3. The number of rotatable bonds is 0. The molecule has 0 fully saturated rings. The second-order valence-corrected chi connectivity index (χ2v) is 10.5. The van der Waals surface area contributed by atoms with E-state index < -0.39 is 0 Å². The van der Waals surface area contributed by atoms with Crippen LogP contribution in [0, 0.1) is 0 Å². The average Bonchev–Trinajstić information content (AvgIpc) is 3.46. The Bertz CT molecular complexity index is 2260. The molecule has 2 aliphatic carbocycles. The largest absolute Gasteiger partial charge is 0.0610 e. The zero-order valence-electron chi connectivity index (χ0n) is 19.4. The summed E-state index contributed by atoms with van der Waals surface area (Å²) in [5.41, 5.74) is 2.75. The molecule has 0 heterocycles. The van der Waals surface area contributed by atoms with Crippen molar-refractivity contribution in [1.82, 2.24) is 0 Å². The molecule has 8 aromatic rings. The predicted molar refractivity (Wildman–Crippen MR) is 157 cm³/mol. The highest BCUT2D eigenvalue weighted by molar-refractivity contribution is 6.36. The third-order valence-electron chi connectivity index (χ3n) is 8.81. The summed E-state index contributed by atoms with van der Waals surface area (Å²) in [6.07, 6.45) is 0. The average molecular weight is 451 g/mol. The summed E-state index contributed by atoms with van der Waals surface area (Å²) in [5.74, 6) is 0.